The Morgan fingerprint density at radius 1 is 1.25 bits per heavy atom. The van der Waals surface area contributed by atoms with Gasteiger partial charge in [-0.2, -0.15) is 0 Å². The predicted molar refractivity (Wildman–Crippen MR) is 77.0 cm³/mol. The van der Waals surface area contributed by atoms with Crippen LogP contribution < -0.4 is 5.14 Å². The Kier molecular flexibility index (Phi) is 4.85. The van der Waals surface area contributed by atoms with Crippen molar-refractivity contribution >= 4 is 17.1 Å². The van der Waals surface area contributed by atoms with Crippen LogP contribution in [0.1, 0.15) is 34.6 Å². The molecule has 20 heavy (non-hydrogen) atoms. The van der Waals surface area contributed by atoms with Gasteiger partial charge in [-0.1, -0.05) is 12.2 Å². The van der Waals surface area contributed by atoms with E-state index in [0.717, 1.165) is 6.08 Å². The maximum Gasteiger partial charge on any atom is 0.525 e. The first kappa shape index (κ1) is 17.4. The van der Waals surface area contributed by atoms with Crippen molar-refractivity contribution in [2.45, 2.75) is 51.1 Å². The standard InChI is InChI=1S/C12H21BFNO4S/c1-9(20(15,16)17)7-6-8-10(14)13-18-11(2,3)12(4,5)19-13/h6-9H,1-5H3,(H2,15,16,17)/b7-6+,10-8-. The Balaban J connectivity index is 2.76. The van der Waals surface area contributed by atoms with Gasteiger partial charge in [0.2, 0.25) is 10.0 Å². The Morgan fingerprint density at radius 2 is 1.70 bits per heavy atom. The lowest BCUT2D eigenvalue weighted by molar-refractivity contribution is 0.00578. The van der Waals surface area contributed by atoms with E-state index in [1.165, 1.54) is 19.1 Å². The van der Waals surface area contributed by atoms with E-state index in [1.807, 2.05) is 27.7 Å². The first-order valence-corrected chi connectivity index (χ1v) is 7.89. The SMILES string of the molecule is CC(/C=C/C=C(\F)B1OC(C)(C)C(C)(C)O1)S(N)(=O)=O. The molecule has 5 nitrogen and oxygen atoms in total. The van der Waals surface area contributed by atoms with Crippen molar-refractivity contribution in [3.05, 3.63) is 24.0 Å². The van der Waals surface area contributed by atoms with E-state index in [4.69, 9.17) is 14.4 Å². The number of primary sulfonamides is 1. The van der Waals surface area contributed by atoms with Crippen LogP contribution in [0.3, 0.4) is 0 Å². The van der Waals surface area contributed by atoms with Crippen molar-refractivity contribution in [1.82, 2.24) is 0 Å². The summed E-state index contributed by atoms with van der Waals surface area (Å²) in [6.07, 6.45) is 3.69. The summed E-state index contributed by atoms with van der Waals surface area (Å²) in [4.78, 5) is 0. The minimum atomic E-state index is -3.66. The van der Waals surface area contributed by atoms with Gasteiger partial charge in [0, 0.05) is 0 Å². The smallest absolute Gasteiger partial charge is 0.398 e. The third kappa shape index (κ3) is 3.91. The van der Waals surface area contributed by atoms with E-state index in [9.17, 15) is 12.8 Å². The van der Waals surface area contributed by atoms with Gasteiger partial charge in [0.15, 0.2) is 0 Å². The molecule has 1 rings (SSSR count). The molecule has 114 valence electrons. The normalized spacial score (nSPS) is 24.4. The highest BCUT2D eigenvalue weighted by atomic mass is 32.2. The van der Waals surface area contributed by atoms with E-state index in [0.29, 0.717) is 0 Å². The average Bonchev–Trinajstić information content (AvgIpc) is 2.46. The molecule has 8 heteroatoms. The zero-order chi connectivity index (χ0) is 15.8. The van der Waals surface area contributed by atoms with Gasteiger partial charge in [0.25, 0.3) is 0 Å². The third-order valence-corrected chi connectivity index (χ3v) is 4.83. The van der Waals surface area contributed by atoms with Crippen LogP contribution in [0.25, 0.3) is 0 Å². The van der Waals surface area contributed by atoms with E-state index in [1.54, 1.807) is 0 Å². The van der Waals surface area contributed by atoms with Crippen molar-refractivity contribution in [1.29, 1.82) is 0 Å². The Bertz CT molecular complexity index is 512. The number of nitrogens with two attached hydrogens (primary N) is 1. The summed E-state index contributed by atoms with van der Waals surface area (Å²) in [5.41, 5.74) is -1.87. The van der Waals surface area contributed by atoms with Crippen LogP contribution in [0.5, 0.6) is 0 Å². The monoisotopic (exact) mass is 305 g/mol. The fourth-order valence-corrected chi connectivity index (χ4v) is 1.76. The van der Waals surface area contributed by atoms with Gasteiger partial charge in [0.05, 0.1) is 16.5 Å². The summed E-state index contributed by atoms with van der Waals surface area (Å²) in [5.74, 6) is 0. The molecule has 0 saturated carbocycles. The molecular formula is C12H21BFNO4S. The molecule has 0 spiro atoms. The number of hydrogen-bond acceptors (Lipinski definition) is 4. The Hall–Kier alpha value is -0.695. The lowest BCUT2D eigenvalue weighted by Crippen LogP contribution is -2.41. The number of sulfonamides is 1. The lowest BCUT2D eigenvalue weighted by Gasteiger charge is -2.32. The molecule has 1 heterocycles. The second-order valence-corrected chi connectivity index (χ2v) is 7.74. The van der Waals surface area contributed by atoms with Crippen LogP contribution >= 0.6 is 0 Å². The highest BCUT2D eigenvalue weighted by molar-refractivity contribution is 7.89. The third-order valence-electron chi connectivity index (χ3n) is 3.63. The average molecular weight is 305 g/mol. The van der Waals surface area contributed by atoms with Gasteiger partial charge < -0.3 is 9.31 Å². The molecule has 0 aliphatic carbocycles. The Labute approximate surface area is 120 Å². The van der Waals surface area contributed by atoms with Crippen molar-refractivity contribution in [2.24, 2.45) is 5.14 Å². The van der Waals surface area contributed by atoms with Crippen molar-refractivity contribution in [2.75, 3.05) is 0 Å². The van der Waals surface area contributed by atoms with Gasteiger partial charge in [-0.05, 0) is 40.7 Å². The molecule has 0 radical (unpaired) electrons. The van der Waals surface area contributed by atoms with Crippen LogP contribution in [0.15, 0.2) is 24.0 Å². The molecule has 2 N–H and O–H groups in total. The number of rotatable bonds is 4. The molecule has 0 aromatic heterocycles. The summed E-state index contributed by atoms with van der Waals surface area (Å²) >= 11 is 0. The molecule has 0 aromatic carbocycles. The maximum atomic E-state index is 13.9. The van der Waals surface area contributed by atoms with Crippen molar-refractivity contribution < 1.29 is 22.1 Å². The maximum absolute atomic E-state index is 13.9. The topological polar surface area (TPSA) is 78.6 Å². The second kappa shape index (κ2) is 5.59. The summed E-state index contributed by atoms with van der Waals surface area (Å²) in [6.45, 7) is 8.68. The van der Waals surface area contributed by atoms with Gasteiger partial charge in [-0.3, -0.25) is 0 Å². The van der Waals surface area contributed by atoms with Crippen LogP contribution in [0, 0.1) is 0 Å². The quantitative estimate of drug-likeness (QED) is 0.633. The Morgan fingerprint density at radius 3 is 2.10 bits per heavy atom. The van der Waals surface area contributed by atoms with Gasteiger partial charge in [-0.15, -0.1) is 0 Å². The largest absolute Gasteiger partial charge is 0.525 e. The summed E-state index contributed by atoms with van der Waals surface area (Å²) < 4.78 is 46.9. The molecule has 1 fully saturated rings. The number of hydrogen-bond donors (Lipinski definition) is 1. The number of allylic oxidation sites excluding steroid dienone is 2. The van der Waals surface area contributed by atoms with Crippen LogP contribution in [-0.2, 0) is 19.3 Å². The van der Waals surface area contributed by atoms with Crippen LogP contribution in [0.4, 0.5) is 4.39 Å². The van der Waals surface area contributed by atoms with Gasteiger partial charge >= 0.3 is 7.12 Å². The van der Waals surface area contributed by atoms with Crippen LogP contribution in [0.2, 0.25) is 0 Å². The highest BCUT2D eigenvalue weighted by Gasteiger charge is 2.52. The summed E-state index contributed by atoms with van der Waals surface area (Å²) in [7, 11) is -4.75. The molecule has 1 saturated heterocycles. The minimum Gasteiger partial charge on any atom is -0.398 e. The van der Waals surface area contributed by atoms with E-state index < -0.39 is 39.3 Å². The van der Waals surface area contributed by atoms with Gasteiger partial charge in [0.1, 0.15) is 5.73 Å². The first-order chi connectivity index (χ1) is 8.87. The zero-order valence-electron chi connectivity index (χ0n) is 12.4. The molecule has 1 atom stereocenters. The molecule has 0 bridgehead atoms. The molecule has 0 aromatic rings. The fourth-order valence-electron chi connectivity index (χ4n) is 1.45. The van der Waals surface area contributed by atoms with E-state index in [2.05, 4.69) is 0 Å². The number of halogens is 1. The fraction of sp³-hybridized carbons (Fsp3) is 0.667. The van der Waals surface area contributed by atoms with E-state index in [-0.39, 0.29) is 0 Å². The first-order valence-electron chi connectivity index (χ1n) is 6.28. The minimum absolute atomic E-state index is 0.624. The second-order valence-electron chi connectivity index (χ2n) is 5.82. The summed E-state index contributed by atoms with van der Waals surface area (Å²) in [6, 6.07) is 0. The zero-order valence-corrected chi connectivity index (χ0v) is 13.2. The van der Waals surface area contributed by atoms with Gasteiger partial charge in [-0.25, -0.2) is 17.9 Å². The molecule has 1 aliphatic heterocycles. The molecule has 1 aliphatic rings. The van der Waals surface area contributed by atoms with Crippen molar-refractivity contribution in [3.63, 3.8) is 0 Å². The highest BCUT2D eigenvalue weighted by Crippen LogP contribution is 2.38. The summed E-state index contributed by atoms with van der Waals surface area (Å²) in [5, 5.41) is 4.06. The van der Waals surface area contributed by atoms with Crippen LogP contribution in [-0.4, -0.2) is 32.0 Å². The molecular weight excluding hydrogens is 284 g/mol. The lowest BCUT2D eigenvalue weighted by atomic mass is 9.88. The molecule has 1 unspecified atom stereocenters. The van der Waals surface area contributed by atoms with E-state index >= 15 is 0 Å². The van der Waals surface area contributed by atoms with Crippen molar-refractivity contribution in [3.8, 4) is 0 Å². The molecule has 0 amide bonds. The predicted octanol–water partition coefficient (Wildman–Crippen LogP) is 1.70.